The number of carbonyl (C=O) groups excluding carboxylic acids is 1. The number of hydrogen-bond acceptors (Lipinski definition) is 4. The molecular formula is C24H28N4O2. The summed E-state index contributed by atoms with van der Waals surface area (Å²) in [6.07, 6.45) is 4.33. The molecule has 0 aliphatic carbocycles. The van der Waals surface area contributed by atoms with Crippen molar-refractivity contribution in [3.8, 4) is 11.4 Å². The molecule has 156 valence electrons. The van der Waals surface area contributed by atoms with Crippen LogP contribution in [0.3, 0.4) is 0 Å². The molecule has 6 nitrogen and oxygen atoms in total. The average molecular weight is 405 g/mol. The minimum atomic E-state index is -0.184. The quantitative estimate of drug-likeness (QED) is 0.652. The third kappa shape index (κ3) is 4.54. The summed E-state index contributed by atoms with van der Waals surface area (Å²) in [4.78, 5) is 15.2. The number of ether oxygens (including phenoxy) is 1. The number of nitrogens with one attached hydrogen (secondary N) is 1. The van der Waals surface area contributed by atoms with Crippen molar-refractivity contribution in [2.75, 3.05) is 20.2 Å². The molecule has 1 aliphatic rings. The van der Waals surface area contributed by atoms with E-state index in [0.717, 1.165) is 36.4 Å². The number of aromatic nitrogens is 2. The van der Waals surface area contributed by atoms with Crippen molar-refractivity contribution >= 4 is 5.91 Å². The van der Waals surface area contributed by atoms with Crippen molar-refractivity contribution in [3.05, 3.63) is 77.1 Å². The number of carbonyl (C=O) groups is 1. The molecule has 0 radical (unpaired) electrons. The van der Waals surface area contributed by atoms with Gasteiger partial charge in [0.05, 0.1) is 7.11 Å². The van der Waals surface area contributed by atoms with Crippen LogP contribution in [0.1, 0.15) is 40.0 Å². The van der Waals surface area contributed by atoms with Crippen molar-refractivity contribution in [2.24, 2.45) is 0 Å². The molecule has 1 aromatic heterocycles. The van der Waals surface area contributed by atoms with Crippen LogP contribution in [-0.4, -0.2) is 40.8 Å². The van der Waals surface area contributed by atoms with E-state index in [-0.39, 0.29) is 5.91 Å². The van der Waals surface area contributed by atoms with Crippen LogP contribution >= 0.6 is 0 Å². The lowest BCUT2D eigenvalue weighted by molar-refractivity contribution is 0.0945. The number of aryl methyl sites for hydroxylation is 1. The Kier molecular flexibility index (Phi) is 6.14. The van der Waals surface area contributed by atoms with Gasteiger partial charge < -0.3 is 10.1 Å². The number of methoxy groups -OCH3 is 1. The van der Waals surface area contributed by atoms with E-state index < -0.39 is 0 Å². The highest BCUT2D eigenvalue weighted by atomic mass is 16.5. The highest BCUT2D eigenvalue weighted by molar-refractivity contribution is 5.92. The van der Waals surface area contributed by atoms with Gasteiger partial charge in [0.15, 0.2) is 5.69 Å². The zero-order valence-corrected chi connectivity index (χ0v) is 17.6. The molecule has 0 spiro atoms. The molecule has 2 aromatic carbocycles. The minimum absolute atomic E-state index is 0.184. The second kappa shape index (κ2) is 9.13. The first-order valence-corrected chi connectivity index (χ1v) is 10.4. The van der Waals surface area contributed by atoms with Crippen molar-refractivity contribution < 1.29 is 9.53 Å². The predicted octanol–water partition coefficient (Wildman–Crippen LogP) is 3.72. The van der Waals surface area contributed by atoms with Crippen LogP contribution in [0.25, 0.3) is 5.69 Å². The Hall–Kier alpha value is -3.12. The summed E-state index contributed by atoms with van der Waals surface area (Å²) in [5.41, 5.74) is 4.72. The smallest absolute Gasteiger partial charge is 0.272 e. The van der Waals surface area contributed by atoms with Crippen LogP contribution in [-0.2, 0) is 13.1 Å². The monoisotopic (exact) mass is 404 g/mol. The largest absolute Gasteiger partial charge is 0.494 e. The van der Waals surface area contributed by atoms with E-state index >= 15 is 0 Å². The summed E-state index contributed by atoms with van der Waals surface area (Å²) in [6.45, 7) is 5.75. The number of benzene rings is 2. The molecule has 0 saturated carbocycles. The number of rotatable bonds is 7. The zero-order chi connectivity index (χ0) is 20.9. The topological polar surface area (TPSA) is 59.4 Å². The van der Waals surface area contributed by atoms with Gasteiger partial charge in [0.25, 0.3) is 5.91 Å². The highest BCUT2D eigenvalue weighted by Crippen LogP contribution is 2.23. The molecule has 3 aromatic rings. The van der Waals surface area contributed by atoms with E-state index in [1.165, 1.54) is 18.4 Å². The van der Waals surface area contributed by atoms with E-state index in [0.29, 0.717) is 18.0 Å². The Bertz CT molecular complexity index is 1020. The van der Waals surface area contributed by atoms with E-state index in [2.05, 4.69) is 33.5 Å². The summed E-state index contributed by atoms with van der Waals surface area (Å²) in [5, 5.41) is 7.49. The summed E-state index contributed by atoms with van der Waals surface area (Å²) in [6, 6.07) is 15.9. The van der Waals surface area contributed by atoms with Crippen molar-refractivity contribution in [2.45, 2.75) is 32.9 Å². The molecule has 2 heterocycles. The van der Waals surface area contributed by atoms with E-state index in [4.69, 9.17) is 4.74 Å². The Balaban J connectivity index is 1.44. The SMILES string of the molecule is COc1ccc(C)cc1-n1ccc(C(=O)NCc2ccccc2CN2CCCC2)n1. The second-order valence-electron chi connectivity index (χ2n) is 7.76. The number of amides is 1. The van der Waals surface area contributed by atoms with Gasteiger partial charge in [-0.15, -0.1) is 0 Å². The number of hydrogen-bond donors (Lipinski definition) is 1. The number of likely N-dealkylation sites (tertiary alicyclic amines) is 1. The third-order valence-electron chi connectivity index (χ3n) is 5.55. The van der Waals surface area contributed by atoms with Gasteiger partial charge in [-0.3, -0.25) is 9.69 Å². The van der Waals surface area contributed by atoms with Crippen molar-refractivity contribution in [1.82, 2.24) is 20.0 Å². The van der Waals surface area contributed by atoms with Crippen LogP contribution in [0.5, 0.6) is 5.75 Å². The van der Waals surface area contributed by atoms with E-state index in [9.17, 15) is 4.79 Å². The maximum atomic E-state index is 12.7. The number of nitrogens with zero attached hydrogens (tertiary/aromatic N) is 3. The van der Waals surface area contributed by atoms with Gasteiger partial charge in [0, 0.05) is 19.3 Å². The molecule has 1 N–H and O–H groups in total. The maximum absolute atomic E-state index is 12.7. The van der Waals surface area contributed by atoms with Crippen LogP contribution in [0.4, 0.5) is 0 Å². The maximum Gasteiger partial charge on any atom is 0.272 e. The molecule has 1 saturated heterocycles. The van der Waals surface area contributed by atoms with Crippen molar-refractivity contribution in [3.63, 3.8) is 0 Å². The first-order valence-electron chi connectivity index (χ1n) is 10.4. The summed E-state index contributed by atoms with van der Waals surface area (Å²) in [5.74, 6) is 0.530. The summed E-state index contributed by atoms with van der Waals surface area (Å²) >= 11 is 0. The molecule has 0 bridgehead atoms. The van der Waals surface area contributed by atoms with Gasteiger partial charge in [-0.25, -0.2) is 4.68 Å². The standard InChI is InChI=1S/C24H28N4O2/c1-18-9-10-23(30-2)22(15-18)28-14-11-21(26-28)24(29)25-16-19-7-3-4-8-20(19)17-27-12-5-6-13-27/h3-4,7-11,14-15H,5-6,12-13,16-17H2,1-2H3,(H,25,29). The first-order chi connectivity index (χ1) is 14.6. The van der Waals surface area contributed by atoms with E-state index in [1.807, 2.05) is 31.2 Å². The summed E-state index contributed by atoms with van der Waals surface area (Å²) in [7, 11) is 1.63. The van der Waals surface area contributed by atoms with Crippen LogP contribution in [0.2, 0.25) is 0 Å². The van der Waals surface area contributed by atoms with Crippen LogP contribution in [0.15, 0.2) is 54.7 Å². The lowest BCUT2D eigenvalue weighted by Gasteiger charge is -2.17. The van der Waals surface area contributed by atoms with Gasteiger partial charge >= 0.3 is 0 Å². The molecule has 30 heavy (non-hydrogen) atoms. The van der Waals surface area contributed by atoms with Gasteiger partial charge in [-0.05, 0) is 67.7 Å². The average Bonchev–Trinajstić information content (AvgIpc) is 3.45. The molecule has 1 amide bonds. The predicted molar refractivity (Wildman–Crippen MR) is 117 cm³/mol. The molecule has 6 heteroatoms. The zero-order valence-electron chi connectivity index (χ0n) is 17.6. The molecular weight excluding hydrogens is 376 g/mol. The fraction of sp³-hybridized carbons (Fsp3) is 0.333. The fourth-order valence-corrected chi connectivity index (χ4v) is 3.89. The molecule has 0 unspecified atom stereocenters. The third-order valence-corrected chi connectivity index (χ3v) is 5.55. The lowest BCUT2D eigenvalue weighted by atomic mass is 10.1. The van der Waals surface area contributed by atoms with Gasteiger partial charge in [0.2, 0.25) is 0 Å². The molecule has 1 aliphatic heterocycles. The Labute approximate surface area is 177 Å². The van der Waals surface area contributed by atoms with E-state index in [1.54, 1.807) is 24.1 Å². The molecule has 1 fully saturated rings. The lowest BCUT2D eigenvalue weighted by Crippen LogP contribution is -2.25. The molecule has 4 rings (SSSR count). The van der Waals surface area contributed by atoms with Gasteiger partial charge in [-0.2, -0.15) is 5.10 Å². The van der Waals surface area contributed by atoms with Crippen LogP contribution < -0.4 is 10.1 Å². The summed E-state index contributed by atoms with van der Waals surface area (Å²) < 4.78 is 7.11. The minimum Gasteiger partial charge on any atom is -0.494 e. The Morgan fingerprint density at radius 2 is 1.87 bits per heavy atom. The second-order valence-corrected chi connectivity index (χ2v) is 7.76. The highest BCUT2D eigenvalue weighted by Gasteiger charge is 2.15. The fourth-order valence-electron chi connectivity index (χ4n) is 3.89. The van der Waals surface area contributed by atoms with Gasteiger partial charge in [-0.1, -0.05) is 30.3 Å². The Morgan fingerprint density at radius 3 is 2.63 bits per heavy atom. The normalized spacial score (nSPS) is 14.1. The van der Waals surface area contributed by atoms with Gasteiger partial charge in [0.1, 0.15) is 11.4 Å². The van der Waals surface area contributed by atoms with Crippen LogP contribution in [0, 0.1) is 6.92 Å². The first kappa shape index (κ1) is 20.2. The van der Waals surface area contributed by atoms with Crippen molar-refractivity contribution in [1.29, 1.82) is 0 Å². The molecule has 0 atom stereocenters. The Morgan fingerprint density at radius 1 is 1.10 bits per heavy atom.